The number of H-pyrrole nitrogens is 1. The molecule has 2 rings (SSSR count). The third-order valence-electron chi connectivity index (χ3n) is 2.37. The maximum Gasteiger partial charge on any atom is 0.252 e. The predicted octanol–water partition coefficient (Wildman–Crippen LogP) is 2.45. The first kappa shape index (κ1) is 13.1. The molecule has 1 heterocycles. The zero-order chi connectivity index (χ0) is 13.1. The summed E-state index contributed by atoms with van der Waals surface area (Å²) in [6, 6.07) is 5.37. The molecule has 0 aliphatic rings. The molecule has 7 heteroatoms. The molecule has 1 aromatic heterocycles. The van der Waals surface area contributed by atoms with Crippen LogP contribution in [0.2, 0.25) is 0 Å². The summed E-state index contributed by atoms with van der Waals surface area (Å²) in [6.07, 6.45) is 1.59. The van der Waals surface area contributed by atoms with Crippen molar-refractivity contribution in [3.63, 3.8) is 0 Å². The van der Waals surface area contributed by atoms with Gasteiger partial charge in [-0.2, -0.15) is 5.10 Å². The quantitative estimate of drug-likeness (QED) is 0.772. The summed E-state index contributed by atoms with van der Waals surface area (Å²) in [5, 5.41) is 9.18. The lowest BCUT2D eigenvalue weighted by Crippen LogP contribution is -2.23. The van der Waals surface area contributed by atoms with Gasteiger partial charge in [-0.05, 0) is 34.1 Å². The van der Waals surface area contributed by atoms with Crippen LogP contribution in [0.3, 0.4) is 0 Å². The van der Waals surface area contributed by atoms with Crippen molar-refractivity contribution in [3.8, 4) is 0 Å². The number of anilines is 1. The second-order valence-electron chi connectivity index (χ2n) is 3.62. The Hall–Kier alpha value is -1.34. The number of nitrogens with zero attached hydrogens (tertiary/aromatic N) is 1. The largest absolute Gasteiger partial charge is 0.384 e. The molecule has 1 aromatic carbocycles. The lowest BCUT2D eigenvalue weighted by atomic mass is 10.2. The molecule has 18 heavy (non-hydrogen) atoms. The number of carbonyl (C=O) groups is 1. The Morgan fingerprint density at radius 3 is 2.83 bits per heavy atom. The number of nitrogen functional groups attached to an aromatic ring is 1. The van der Waals surface area contributed by atoms with Crippen molar-refractivity contribution in [2.45, 2.75) is 6.54 Å². The van der Waals surface area contributed by atoms with E-state index < -0.39 is 0 Å². The molecule has 4 N–H and O–H groups in total. The summed E-state index contributed by atoms with van der Waals surface area (Å²) in [6.45, 7) is 0.337. The first-order chi connectivity index (χ1) is 8.58. The van der Waals surface area contributed by atoms with E-state index in [1.165, 1.54) is 0 Å². The Bertz CT molecular complexity index is 582. The molecule has 0 spiro atoms. The number of hydrogen-bond acceptors (Lipinski definition) is 3. The van der Waals surface area contributed by atoms with E-state index in [-0.39, 0.29) is 5.91 Å². The molecule has 0 atom stereocenters. The van der Waals surface area contributed by atoms with Gasteiger partial charge in [-0.15, -0.1) is 0 Å². The Balaban J connectivity index is 2.06. The number of aromatic amines is 1. The van der Waals surface area contributed by atoms with Crippen LogP contribution in [0, 0.1) is 0 Å². The first-order valence-electron chi connectivity index (χ1n) is 5.09. The number of carbonyl (C=O) groups excluding carboxylic acids is 1. The van der Waals surface area contributed by atoms with Crippen LogP contribution >= 0.6 is 31.9 Å². The number of hydrogen-bond donors (Lipinski definition) is 3. The average molecular weight is 374 g/mol. The minimum atomic E-state index is -0.171. The van der Waals surface area contributed by atoms with Crippen LogP contribution in [0.25, 0.3) is 0 Å². The van der Waals surface area contributed by atoms with Crippen LogP contribution < -0.4 is 11.1 Å². The number of nitrogens with two attached hydrogens (primary N) is 1. The van der Waals surface area contributed by atoms with Gasteiger partial charge in [-0.3, -0.25) is 9.89 Å². The van der Waals surface area contributed by atoms with E-state index in [1.807, 2.05) is 12.1 Å². The fraction of sp³-hybridized carbons (Fsp3) is 0.0909. The fourth-order valence-electron chi connectivity index (χ4n) is 1.41. The van der Waals surface area contributed by atoms with Gasteiger partial charge in [0.2, 0.25) is 0 Å². The highest BCUT2D eigenvalue weighted by atomic mass is 79.9. The molecule has 0 saturated heterocycles. The molecule has 0 radical (unpaired) electrons. The normalized spacial score (nSPS) is 10.3. The van der Waals surface area contributed by atoms with Crippen molar-refractivity contribution in [1.29, 1.82) is 0 Å². The van der Waals surface area contributed by atoms with E-state index in [0.717, 1.165) is 14.5 Å². The van der Waals surface area contributed by atoms with Gasteiger partial charge >= 0.3 is 0 Å². The van der Waals surface area contributed by atoms with Crippen LogP contribution in [0.15, 0.2) is 33.3 Å². The maximum atomic E-state index is 12.0. The molecule has 1 amide bonds. The van der Waals surface area contributed by atoms with Crippen LogP contribution in [-0.4, -0.2) is 16.1 Å². The monoisotopic (exact) mass is 372 g/mol. The Morgan fingerprint density at radius 2 is 2.22 bits per heavy atom. The zero-order valence-corrected chi connectivity index (χ0v) is 12.4. The van der Waals surface area contributed by atoms with Crippen molar-refractivity contribution >= 4 is 43.6 Å². The second-order valence-corrected chi connectivity index (χ2v) is 5.39. The van der Waals surface area contributed by atoms with Crippen molar-refractivity contribution in [3.05, 3.63) is 44.5 Å². The highest BCUT2D eigenvalue weighted by Gasteiger charge is 2.10. The van der Waals surface area contributed by atoms with Gasteiger partial charge in [0.25, 0.3) is 5.91 Å². The van der Waals surface area contributed by atoms with Gasteiger partial charge in [0.05, 0.1) is 11.8 Å². The molecule has 0 unspecified atom stereocenters. The van der Waals surface area contributed by atoms with E-state index in [1.54, 1.807) is 12.3 Å². The van der Waals surface area contributed by atoms with Gasteiger partial charge in [0.1, 0.15) is 5.82 Å². The lowest BCUT2D eigenvalue weighted by Gasteiger charge is -2.06. The number of rotatable bonds is 3. The van der Waals surface area contributed by atoms with Gasteiger partial charge in [0, 0.05) is 21.1 Å². The predicted molar refractivity (Wildman–Crippen MR) is 76.0 cm³/mol. The molecule has 0 fully saturated rings. The highest BCUT2D eigenvalue weighted by molar-refractivity contribution is 9.11. The average Bonchev–Trinajstić information content (AvgIpc) is 2.72. The summed E-state index contributed by atoms with van der Waals surface area (Å²) in [5.74, 6) is 0.292. The number of benzene rings is 1. The smallest absolute Gasteiger partial charge is 0.252 e. The van der Waals surface area contributed by atoms with Gasteiger partial charge in [-0.1, -0.05) is 15.9 Å². The van der Waals surface area contributed by atoms with Crippen LogP contribution in [0.5, 0.6) is 0 Å². The standard InChI is InChI=1S/C11H10Br2N4O/c12-7-1-2-8(9(13)3-7)11(18)15-4-6-5-16-17-10(6)14/h1-3,5H,4H2,(H,15,18)(H3,14,16,17). The van der Waals surface area contributed by atoms with E-state index >= 15 is 0 Å². The molecular weight excluding hydrogens is 364 g/mol. The molecule has 2 aromatic rings. The van der Waals surface area contributed by atoms with Crippen molar-refractivity contribution in [2.75, 3.05) is 5.73 Å². The second kappa shape index (κ2) is 5.53. The molecule has 0 saturated carbocycles. The van der Waals surface area contributed by atoms with E-state index in [0.29, 0.717) is 17.9 Å². The fourth-order valence-corrected chi connectivity index (χ4v) is 2.63. The summed E-state index contributed by atoms with van der Waals surface area (Å²) >= 11 is 6.68. The third-order valence-corrected chi connectivity index (χ3v) is 3.52. The van der Waals surface area contributed by atoms with Gasteiger partial charge in [0.15, 0.2) is 0 Å². The highest BCUT2D eigenvalue weighted by Crippen LogP contribution is 2.22. The minimum absolute atomic E-state index is 0.171. The molecule has 0 aliphatic carbocycles. The van der Waals surface area contributed by atoms with Crippen LogP contribution in [0.1, 0.15) is 15.9 Å². The van der Waals surface area contributed by atoms with E-state index in [2.05, 4.69) is 47.4 Å². The Labute approximate surface area is 120 Å². The first-order valence-corrected chi connectivity index (χ1v) is 6.67. The summed E-state index contributed by atoms with van der Waals surface area (Å²) < 4.78 is 1.64. The van der Waals surface area contributed by atoms with Crippen molar-refractivity contribution < 1.29 is 4.79 Å². The number of nitrogens with one attached hydrogen (secondary N) is 2. The molecule has 5 nitrogen and oxygen atoms in total. The lowest BCUT2D eigenvalue weighted by molar-refractivity contribution is 0.0950. The summed E-state index contributed by atoms with van der Waals surface area (Å²) in [4.78, 5) is 12.0. The topological polar surface area (TPSA) is 83.8 Å². The van der Waals surface area contributed by atoms with Gasteiger partial charge < -0.3 is 11.1 Å². The zero-order valence-electron chi connectivity index (χ0n) is 9.21. The Morgan fingerprint density at radius 1 is 1.44 bits per heavy atom. The molecular formula is C11H10Br2N4O. The van der Waals surface area contributed by atoms with E-state index in [4.69, 9.17) is 5.73 Å². The third kappa shape index (κ3) is 2.91. The molecule has 0 aliphatic heterocycles. The van der Waals surface area contributed by atoms with Crippen LogP contribution in [0.4, 0.5) is 5.82 Å². The molecule has 94 valence electrons. The summed E-state index contributed by atoms with van der Waals surface area (Å²) in [5.41, 5.74) is 6.96. The number of amides is 1. The van der Waals surface area contributed by atoms with Crippen molar-refractivity contribution in [2.24, 2.45) is 0 Å². The van der Waals surface area contributed by atoms with Crippen LogP contribution in [-0.2, 0) is 6.54 Å². The molecule has 0 bridgehead atoms. The van der Waals surface area contributed by atoms with Crippen molar-refractivity contribution in [1.82, 2.24) is 15.5 Å². The van der Waals surface area contributed by atoms with Gasteiger partial charge in [-0.25, -0.2) is 0 Å². The SMILES string of the molecule is Nc1[nH]ncc1CNC(=O)c1ccc(Br)cc1Br. The minimum Gasteiger partial charge on any atom is -0.384 e. The Kier molecular flexibility index (Phi) is 4.03. The maximum absolute atomic E-state index is 12.0. The number of aromatic nitrogens is 2. The van der Waals surface area contributed by atoms with E-state index in [9.17, 15) is 4.79 Å². The summed E-state index contributed by atoms with van der Waals surface area (Å²) in [7, 11) is 0. The number of halogens is 2.